The molecule has 1 N–H and O–H groups in total. The van der Waals surface area contributed by atoms with Crippen molar-refractivity contribution in [3.63, 3.8) is 0 Å². The van der Waals surface area contributed by atoms with Gasteiger partial charge in [0, 0.05) is 55.9 Å². The SMILES string of the molecule is COc1cc(Nc2c(C#N)cnc3c(-c4ccc(CN5CCN(C)CC5)cc4)csc23)c(Cl)cc1Cl. The minimum Gasteiger partial charge on any atom is -0.495 e. The number of anilines is 2. The third-order valence-corrected chi connectivity index (χ3v) is 8.07. The van der Waals surface area contributed by atoms with Gasteiger partial charge in [-0.2, -0.15) is 5.26 Å². The van der Waals surface area contributed by atoms with Crippen LogP contribution in [0.25, 0.3) is 21.3 Å². The lowest BCUT2D eigenvalue weighted by Crippen LogP contribution is -2.43. The second kappa shape index (κ2) is 10.6. The predicted octanol–water partition coefficient (Wildman–Crippen LogP) is 6.64. The minimum absolute atomic E-state index is 0.419. The van der Waals surface area contributed by atoms with Crippen molar-refractivity contribution in [1.29, 1.82) is 5.26 Å². The Morgan fingerprint density at radius 3 is 2.56 bits per heavy atom. The number of aromatic nitrogens is 1. The number of likely N-dealkylation sites (N-methyl/N-ethyl adjacent to an activating group) is 1. The number of nitrogens with one attached hydrogen (secondary N) is 1. The number of benzene rings is 2. The first-order chi connectivity index (χ1) is 17.5. The van der Waals surface area contributed by atoms with Crippen molar-refractivity contribution in [2.75, 3.05) is 45.7 Å². The van der Waals surface area contributed by atoms with Crippen LogP contribution in [0.1, 0.15) is 11.1 Å². The Labute approximate surface area is 224 Å². The molecular formula is C27H25Cl2N5OS. The number of pyridine rings is 1. The van der Waals surface area contributed by atoms with E-state index in [1.54, 1.807) is 36.8 Å². The molecular weight excluding hydrogens is 513 g/mol. The summed E-state index contributed by atoms with van der Waals surface area (Å²) in [6.07, 6.45) is 1.60. The largest absolute Gasteiger partial charge is 0.495 e. The van der Waals surface area contributed by atoms with Gasteiger partial charge in [0.1, 0.15) is 11.8 Å². The summed E-state index contributed by atoms with van der Waals surface area (Å²) in [6.45, 7) is 5.37. The van der Waals surface area contributed by atoms with Crippen molar-refractivity contribution in [1.82, 2.24) is 14.8 Å². The molecule has 0 aliphatic carbocycles. The van der Waals surface area contributed by atoms with Crippen LogP contribution < -0.4 is 10.1 Å². The highest BCUT2D eigenvalue weighted by Gasteiger charge is 2.18. The molecule has 184 valence electrons. The summed E-state index contributed by atoms with van der Waals surface area (Å²) < 4.78 is 6.22. The average molecular weight is 539 g/mol. The molecule has 9 heteroatoms. The number of nitrogens with zero attached hydrogens (tertiary/aromatic N) is 4. The van der Waals surface area contributed by atoms with Crippen LogP contribution in [0.2, 0.25) is 10.0 Å². The maximum absolute atomic E-state index is 9.76. The molecule has 0 bridgehead atoms. The normalized spacial score (nSPS) is 14.6. The summed E-state index contributed by atoms with van der Waals surface area (Å²) >= 11 is 14.2. The van der Waals surface area contributed by atoms with E-state index in [0.29, 0.717) is 32.7 Å². The highest BCUT2D eigenvalue weighted by Crippen LogP contribution is 2.42. The Morgan fingerprint density at radius 1 is 1.11 bits per heavy atom. The van der Waals surface area contributed by atoms with Gasteiger partial charge in [-0.1, -0.05) is 47.5 Å². The van der Waals surface area contributed by atoms with Crippen molar-refractivity contribution < 1.29 is 4.74 Å². The van der Waals surface area contributed by atoms with E-state index in [2.05, 4.69) is 62.9 Å². The van der Waals surface area contributed by atoms with E-state index in [4.69, 9.17) is 27.9 Å². The zero-order valence-corrected chi connectivity index (χ0v) is 22.3. The summed E-state index contributed by atoms with van der Waals surface area (Å²) in [4.78, 5) is 9.50. The third-order valence-electron chi connectivity index (χ3n) is 6.47. The molecule has 0 spiro atoms. The number of nitriles is 1. The highest BCUT2D eigenvalue weighted by atomic mass is 35.5. The van der Waals surface area contributed by atoms with E-state index in [1.807, 2.05) is 0 Å². The number of ether oxygens (including phenoxy) is 1. The zero-order chi connectivity index (χ0) is 25.2. The highest BCUT2D eigenvalue weighted by molar-refractivity contribution is 7.18. The number of piperazine rings is 1. The maximum Gasteiger partial charge on any atom is 0.139 e. The summed E-state index contributed by atoms with van der Waals surface area (Å²) in [5.41, 5.74) is 5.97. The fourth-order valence-electron chi connectivity index (χ4n) is 4.36. The molecule has 6 nitrogen and oxygen atoms in total. The average Bonchev–Trinajstić information content (AvgIpc) is 3.32. The molecule has 0 atom stereocenters. The molecule has 0 radical (unpaired) electrons. The Balaban J connectivity index is 1.45. The molecule has 0 amide bonds. The maximum atomic E-state index is 9.76. The van der Waals surface area contributed by atoms with Gasteiger partial charge in [-0.05, 0) is 24.2 Å². The Morgan fingerprint density at radius 2 is 1.86 bits per heavy atom. The van der Waals surface area contributed by atoms with E-state index in [0.717, 1.165) is 54.1 Å². The first-order valence-corrected chi connectivity index (χ1v) is 13.2. The van der Waals surface area contributed by atoms with E-state index in [9.17, 15) is 5.26 Å². The number of hydrogen-bond acceptors (Lipinski definition) is 7. The molecule has 0 saturated carbocycles. The van der Waals surface area contributed by atoms with E-state index in [1.165, 1.54) is 5.56 Å². The molecule has 1 aliphatic rings. The molecule has 1 fully saturated rings. The summed E-state index contributed by atoms with van der Waals surface area (Å²) in [5, 5.41) is 16.0. The third kappa shape index (κ3) is 5.01. The number of methoxy groups -OCH3 is 1. The molecule has 1 saturated heterocycles. The lowest BCUT2D eigenvalue weighted by Gasteiger charge is -2.32. The quantitative estimate of drug-likeness (QED) is 0.297. The fourth-order valence-corrected chi connectivity index (χ4v) is 5.90. The van der Waals surface area contributed by atoms with E-state index in [-0.39, 0.29) is 0 Å². The van der Waals surface area contributed by atoms with Crippen molar-refractivity contribution in [3.05, 3.63) is 69.1 Å². The first kappa shape index (κ1) is 24.8. The Kier molecular flexibility index (Phi) is 7.33. The molecule has 3 heterocycles. The number of thiophene rings is 1. The van der Waals surface area contributed by atoms with E-state index >= 15 is 0 Å². The van der Waals surface area contributed by atoms with Gasteiger partial charge in [0.05, 0.1) is 44.3 Å². The second-order valence-electron chi connectivity index (χ2n) is 8.85. The van der Waals surface area contributed by atoms with Crippen LogP contribution in [-0.2, 0) is 6.54 Å². The lowest BCUT2D eigenvalue weighted by molar-refractivity contribution is 0.148. The van der Waals surface area contributed by atoms with Crippen molar-refractivity contribution in [2.45, 2.75) is 6.54 Å². The van der Waals surface area contributed by atoms with E-state index < -0.39 is 0 Å². The van der Waals surface area contributed by atoms with Gasteiger partial charge < -0.3 is 15.0 Å². The van der Waals surface area contributed by atoms with Gasteiger partial charge >= 0.3 is 0 Å². The molecule has 5 rings (SSSR count). The van der Waals surface area contributed by atoms with Gasteiger partial charge in [-0.3, -0.25) is 9.88 Å². The van der Waals surface area contributed by atoms with Crippen LogP contribution in [0.4, 0.5) is 11.4 Å². The van der Waals surface area contributed by atoms with Crippen LogP contribution in [0.3, 0.4) is 0 Å². The number of halogens is 2. The summed E-state index contributed by atoms with van der Waals surface area (Å²) in [5.74, 6) is 0.496. The zero-order valence-electron chi connectivity index (χ0n) is 20.0. The Bertz CT molecular complexity index is 1440. The van der Waals surface area contributed by atoms with Gasteiger partial charge in [-0.25, -0.2) is 0 Å². The standard InChI is InChI=1S/C27H25Cl2N5OS/c1-33-7-9-34(10-8-33)15-17-3-5-18(6-4-17)20-16-36-27-25(19(13-30)14-31-26(20)27)32-23-12-24(35-2)22(29)11-21(23)28/h3-6,11-12,14,16H,7-10,15H2,1-2H3,(H,31,32). The summed E-state index contributed by atoms with van der Waals surface area (Å²) in [6, 6.07) is 14.3. The van der Waals surface area contributed by atoms with Crippen LogP contribution in [0, 0.1) is 11.3 Å². The molecule has 2 aromatic heterocycles. The topological polar surface area (TPSA) is 64.4 Å². The lowest BCUT2D eigenvalue weighted by atomic mass is 10.0. The van der Waals surface area contributed by atoms with Crippen LogP contribution in [-0.4, -0.2) is 55.1 Å². The van der Waals surface area contributed by atoms with Crippen molar-refractivity contribution in [2.24, 2.45) is 0 Å². The van der Waals surface area contributed by atoms with Crippen molar-refractivity contribution >= 4 is 56.1 Å². The monoisotopic (exact) mass is 537 g/mol. The molecule has 36 heavy (non-hydrogen) atoms. The molecule has 1 aliphatic heterocycles. The van der Waals surface area contributed by atoms with Gasteiger partial charge in [0.2, 0.25) is 0 Å². The van der Waals surface area contributed by atoms with Gasteiger partial charge in [-0.15, -0.1) is 11.3 Å². The van der Waals surface area contributed by atoms with Crippen LogP contribution in [0.15, 0.2) is 48.0 Å². The summed E-state index contributed by atoms with van der Waals surface area (Å²) in [7, 11) is 3.72. The molecule has 4 aromatic rings. The second-order valence-corrected chi connectivity index (χ2v) is 10.5. The van der Waals surface area contributed by atoms with Gasteiger partial charge in [0.15, 0.2) is 0 Å². The van der Waals surface area contributed by atoms with Crippen LogP contribution >= 0.6 is 34.5 Å². The molecule has 0 unspecified atom stereocenters. The molecule has 2 aromatic carbocycles. The first-order valence-electron chi connectivity index (χ1n) is 11.6. The minimum atomic E-state index is 0.419. The predicted molar refractivity (Wildman–Crippen MR) is 149 cm³/mol. The van der Waals surface area contributed by atoms with Crippen molar-refractivity contribution in [3.8, 4) is 22.9 Å². The number of rotatable bonds is 6. The van der Waals surface area contributed by atoms with Crippen LogP contribution in [0.5, 0.6) is 5.75 Å². The fraction of sp³-hybridized carbons (Fsp3) is 0.259. The number of fused-ring (bicyclic) bond motifs is 1. The Hall–Kier alpha value is -2.86. The smallest absolute Gasteiger partial charge is 0.139 e. The number of hydrogen-bond donors (Lipinski definition) is 1. The van der Waals surface area contributed by atoms with Gasteiger partial charge in [0.25, 0.3) is 0 Å².